The van der Waals surface area contributed by atoms with Crippen molar-refractivity contribution in [2.45, 2.75) is 43.9 Å². The third-order valence-corrected chi connectivity index (χ3v) is 4.79. The highest BCUT2D eigenvalue weighted by Gasteiger charge is 2.51. The van der Waals surface area contributed by atoms with Gasteiger partial charge in [-0.3, -0.25) is 4.79 Å². The average molecular weight is 411 g/mol. The van der Waals surface area contributed by atoms with E-state index in [1.54, 1.807) is 7.11 Å². The molecule has 1 N–H and O–H groups in total. The van der Waals surface area contributed by atoms with Crippen LogP contribution in [0.25, 0.3) is 0 Å². The molecule has 9 heteroatoms. The molecule has 0 aliphatic carbocycles. The van der Waals surface area contributed by atoms with Crippen LogP contribution in [0.5, 0.6) is 0 Å². The molecular formula is C20H29NO8. The van der Waals surface area contributed by atoms with Gasteiger partial charge in [0.25, 0.3) is 0 Å². The van der Waals surface area contributed by atoms with Crippen molar-refractivity contribution in [3.63, 3.8) is 0 Å². The lowest BCUT2D eigenvalue weighted by Gasteiger charge is -2.48. The molecule has 9 nitrogen and oxygen atoms in total. The number of methoxy groups -OCH3 is 2. The first-order valence-corrected chi connectivity index (χ1v) is 9.59. The molecule has 6 atom stereocenters. The number of carbonyl (C=O) groups is 1. The second kappa shape index (κ2) is 11.0. The van der Waals surface area contributed by atoms with E-state index in [1.165, 1.54) is 14.0 Å². The van der Waals surface area contributed by atoms with Crippen LogP contribution in [0.4, 0.5) is 0 Å². The smallest absolute Gasteiger partial charge is 0.217 e. The second-order valence-corrected chi connectivity index (χ2v) is 6.83. The first-order chi connectivity index (χ1) is 14.1. The van der Waals surface area contributed by atoms with Crippen molar-refractivity contribution in [1.29, 1.82) is 0 Å². The molecule has 29 heavy (non-hydrogen) atoms. The largest absolute Gasteiger partial charge is 0.382 e. The van der Waals surface area contributed by atoms with Gasteiger partial charge in [-0.2, -0.15) is 0 Å². The van der Waals surface area contributed by atoms with Crippen molar-refractivity contribution in [3.05, 3.63) is 35.9 Å². The fourth-order valence-electron chi connectivity index (χ4n) is 3.47. The van der Waals surface area contributed by atoms with Crippen LogP contribution in [0.15, 0.2) is 30.3 Å². The first kappa shape index (κ1) is 22.1. The van der Waals surface area contributed by atoms with Crippen molar-refractivity contribution in [1.82, 2.24) is 5.32 Å². The first-order valence-electron chi connectivity index (χ1n) is 9.59. The van der Waals surface area contributed by atoms with E-state index >= 15 is 0 Å². The van der Waals surface area contributed by atoms with Crippen LogP contribution in [0.2, 0.25) is 0 Å². The van der Waals surface area contributed by atoms with E-state index in [1.807, 2.05) is 30.3 Å². The lowest BCUT2D eigenvalue weighted by atomic mass is 9.95. The summed E-state index contributed by atoms with van der Waals surface area (Å²) in [7, 11) is 3.12. The maximum atomic E-state index is 11.8. The normalized spacial score (nSPS) is 31.8. The molecule has 1 amide bonds. The van der Waals surface area contributed by atoms with Crippen LogP contribution in [-0.4, -0.2) is 77.4 Å². The highest BCUT2D eigenvalue weighted by molar-refractivity contribution is 5.73. The predicted molar refractivity (Wildman–Crippen MR) is 101 cm³/mol. The number of carbonyl (C=O) groups excluding carboxylic acids is 1. The Morgan fingerprint density at radius 2 is 1.97 bits per heavy atom. The van der Waals surface area contributed by atoms with Gasteiger partial charge in [0.15, 0.2) is 12.6 Å². The molecule has 2 fully saturated rings. The summed E-state index contributed by atoms with van der Waals surface area (Å²) in [5.41, 5.74) is 0.894. The zero-order chi connectivity index (χ0) is 20.6. The number of ether oxygens (including phenoxy) is 7. The minimum absolute atomic E-state index is 0.0178. The van der Waals surface area contributed by atoms with E-state index in [0.29, 0.717) is 19.8 Å². The minimum Gasteiger partial charge on any atom is -0.382 e. The molecule has 3 rings (SSSR count). The molecule has 1 aromatic rings. The molecule has 1 aromatic carbocycles. The third-order valence-electron chi connectivity index (χ3n) is 4.79. The predicted octanol–water partition coefficient (Wildman–Crippen LogP) is 0.982. The molecule has 2 heterocycles. The molecule has 0 aromatic heterocycles. The van der Waals surface area contributed by atoms with Gasteiger partial charge in [-0.15, -0.1) is 0 Å². The highest BCUT2D eigenvalue weighted by atomic mass is 16.8. The van der Waals surface area contributed by atoms with Crippen LogP contribution in [0.1, 0.15) is 18.8 Å². The Labute approximate surface area is 170 Å². The standard InChI is InChI=1S/C20H29NO8/c1-13(22)21-16-18(27-12-25-10-9-23-2)17-15(28-20(16)24-3)11-26-19(29-17)14-7-5-4-6-8-14/h4-8,15-20H,9-12H2,1-3H3,(H,21,22)/t15-,16-,17-,18-,19+,20+/m1/s1. The molecule has 0 saturated carbocycles. The van der Waals surface area contributed by atoms with E-state index in [4.69, 9.17) is 33.2 Å². The Bertz CT molecular complexity index is 630. The molecular weight excluding hydrogens is 382 g/mol. The lowest BCUT2D eigenvalue weighted by molar-refractivity contribution is -0.350. The van der Waals surface area contributed by atoms with Gasteiger partial charge in [0.1, 0.15) is 31.1 Å². The molecule has 0 bridgehead atoms. The summed E-state index contributed by atoms with van der Waals surface area (Å²) >= 11 is 0. The van der Waals surface area contributed by atoms with E-state index in [2.05, 4.69) is 5.32 Å². The average Bonchev–Trinajstić information content (AvgIpc) is 2.74. The van der Waals surface area contributed by atoms with Crippen molar-refractivity contribution >= 4 is 5.91 Å². The van der Waals surface area contributed by atoms with E-state index in [-0.39, 0.29) is 12.7 Å². The summed E-state index contributed by atoms with van der Waals surface area (Å²) in [6.45, 7) is 2.61. The van der Waals surface area contributed by atoms with Crippen molar-refractivity contribution < 1.29 is 38.0 Å². The van der Waals surface area contributed by atoms with Gasteiger partial charge in [-0.1, -0.05) is 30.3 Å². The molecule has 2 aliphatic rings. The Morgan fingerprint density at radius 3 is 2.66 bits per heavy atom. The number of amides is 1. The molecule has 2 saturated heterocycles. The van der Waals surface area contributed by atoms with Gasteiger partial charge in [0.2, 0.25) is 5.91 Å². The number of hydrogen-bond acceptors (Lipinski definition) is 8. The van der Waals surface area contributed by atoms with Crippen LogP contribution in [0, 0.1) is 0 Å². The zero-order valence-corrected chi connectivity index (χ0v) is 16.9. The zero-order valence-electron chi connectivity index (χ0n) is 16.9. The fraction of sp³-hybridized carbons (Fsp3) is 0.650. The van der Waals surface area contributed by atoms with Crippen LogP contribution in [-0.2, 0) is 38.0 Å². The number of benzene rings is 1. The molecule has 162 valence electrons. The molecule has 2 aliphatic heterocycles. The summed E-state index contributed by atoms with van der Waals surface area (Å²) in [6.07, 6.45) is -2.71. The summed E-state index contributed by atoms with van der Waals surface area (Å²) < 4.78 is 39.9. The van der Waals surface area contributed by atoms with Gasteiger partial charge < -0.3 is 38.5 Å². The topological polar surface area (TPSA) is 93.7 Å². The summed E-state index contributed by atoms with van der Waals surface area (Å²) in [5.74, 6) is -0.223. The van der Waals surface area contributed by atoms with E-state index < -0.39 is 36.9 Å². The SMILES string of the molecule is COCCOCO[C@@H]1[C@@H](NC(C)=O)[C@@H](OC)O[C@@H]2CO[C@H](c3ccccc3)O[C@@H]12. The van der Waals surface area contributed by atoms with Gasteiger partial charge in [-0.25, -0.2) is 0 Å². The molecule has 0 spiro atoms. The van der Waals surface area contributed by atoms with Gasteiger partial charge in [0.05, 0.1) is 19.8 Å². The molecule has 0 unspecified atom stereocenters. The number of nitrogens with one attached hydrogen (secondary N) is 1. The van der Waals surface area contributed by atoms with Gasteiger partial charge in [-0.05, 0) is 0 Å². The van der Waals surface area contributed by atoms with Crippen molar-refractivity contribution in [2.24, 2.45) is 0 Å². The summed E-state index contributed by atoms with van der Waals surface area (Å²) in [6, 6.07) is 9.06. The third kappa shape index (κ3) is 5.73. The maximum Gasteiger partial charge on any atom is 0.217 e. The number of rotatable bonds is 9. The van der Waals surface area contributed by atoms with Crippen LogP contribution in [0.3, 0.4) is 0 Å². The molecule has 0 radical (unpaired) electrons. The summed E-state index contributed by atoms with van der Waals surface area (Å²) in [4.78, 5) is 11.8. The van der Waals surface area contributed by atoms with E-state index in [9.17, 15) is 4.79 Å². The number of fused-ring (bicyclic) bond motifs is 1. The van der Waals surface area contributed by atoms with Crippen molar-refractivity contribution in [3.8, 4) is 0 Å². The van der Waals surface area contributed by atoms with Gasteiger partial charge >= 0.3 is 0 Å². The quantitative estimate of drug-likeness (QED) is 0.475. The summed E-state index contributed by atoms with van der Waals surface area (Å²) in [5, 5.41) is 2.86. The fourth-order valence-corrected chi connectivity index (χ4v) is 3.47. The van der Waals surface area contributed by atoms with Crippen molar-refractivity contribution in [2.75, 3.05) is 40.8 Å². The Balaban J connectivity index is 1.75. The van der Waals surface area contributed by atoms with Gasteiger partial charge in [0, 0.05) is 26.7 Å². The van der Waals surface area contributed by atoms with Crippen LogP contribution >= 0.6 is 0 Å². The number of hydrogen-bond donors (Lipinski definition) is 1. The van der Waals surface area contributed by atoms with E-state index in [0.717, 1.165) is 5.56 Å². The monoisotopic (exact) mass is 411 g/mol. The lowest BCUT2D eigenvalue weighted by Crippen LogP contribution is -2.67. The Kier molecular flexibility index (Phi) is 8.37. The highest BCUT2D eigenvalue weighted by Crippen LogP contribution is 2.35. The Morgan fingerprint density at radius 1 is 1.17 bits per heavy atom. The van der Waals surface area contributed by atoms with Crippen LogP contribution < -0.4 is 5.32 Å². The minimum atomic E-state index is -0.704. The Hall–Kier alpha value is -1.59. The maximum absolute atomic E-state index is 11.8. The second-order valence-electron chi connectivity index (χ2n) is 6.83.